The highest BCUT2D eigenvalue weighted by Crippen LogP contribution is 2.08. The standard InChI is InChI=1S/C9H16N2O2S/c1-2-13-9(12)10-8(14)11-6-4-3-5-7-11/h2-7H2,1H3,(H,10,12,14). The zero-order valence-corrected chi connectivity index (χ0v) is 9.23. The van der Waals surface area contributed by atoms with E-state index in [-0.39, 0.29) is 0 Å². The van der Waals surface area contributed by atoms with Gasteiger partial charge < -0.3 is 9.64 Å². The van der Waals surface area contributed by atoms with Crippen molar-refractivity contribution >= 4 is 23.4 Å². The molecule has 0 spiro atoms. The van der Waals surface area contributed by atoms with Gasteiger partial charge in [-0.2, -0.15) is 0 Å². The maximum absolute atomic E-state index is 11.0. The van der Waals surface area contributed by atoms with E-state index in [1.807, 2.05) is 4.90 Å². The monoisotopic (exact) mass is 216 g/mol. The first-order chi connectivity index (χ1) is 6.74. The van der Waals surface area contributed by atoms with Crippen LogP contribution in [0.3, 0.4) is 0 Å². The van der Waals surface area contributed by atoms with Crippen LogP contribution in [0.25, 0.3) is 0 Å². The van der Waals surface area contributed by atoms with Gasteiger partial charge in [-0.15, -0.1) is 0 Å². The summed E-state index contributed by atoms with van der Waals surface area (Å²) in [5, 5.41) is 3.04. The summed E-state index contributed by atoms with van der Waals surface area (Å²) < 4.78 is 4.74. The van der Waals surface area contributed by atoms with Gasteiger partial charge in [-0.3, -0.25) is 5.32 Å². The zero-order valence-electron chi connectivity index (χ0n) is 8.41. The molecule has 0 radical (unpaired) electrons. The lowest BCUT2D eigenvalue weighted by Gasteiger charge is -2.28. The van der Waals surface area contributed by atoms with E-state index in [2.05, 4.69) is 5.32 Å². The SMILES string of the molecule is CCOC(=O)NC(=S)N1CCCCC1. The third kappa shape index (κ3) is 3.49. The molecule has 1 aliphatic rings. The second-order valence-corrected chi connectivity index (χ2v) is 3.59. The van der Waals surface area contributed by atoms with E-state index in [4.69, 9.17) is 17.0 Å². The van der Waals surface area contributed by atoms with Crippen LogP contribution in [0.5, 0.6) is 0 Å². The van der Waals surface area contributed by atoms with E-state index in [1.165, 1.54) is 6.42 Å². The quantitative estimate of drug-likeness (QED) is 0.674. The van der Waals surface area contributed by atoms with Gasteiger partial charge in [0.05, 0.1) is 6.61 Å². The molecule has 1 amide bonds. The normalized spacial score (nSPS) is 16.2. The molecule has 14 heavy (non-hydrogen) atoms. The number of nitrogens with one attached hydrogen (secondary N) is 1. The van der Waals surface area contributed by atoms with Crippen molar-refractivity contribution in [3.63, 3.8) is 0 Å². The molecule has 1 fully saturated rings. The number of hydrogen-bond acceptors (Lipinski definition) is 3. The first kappa shape index (κ1) is 11.2. The van der Waals surface area contributed by atoms with Gasteiger partial charge in [0.15, 0.2) is 5.11 Å². The van der Waals surface area contributed by atoms with Gasteiger partial charge in [0, 0.05) is 13.1 Å². The Kier molecular flexibility index (Phi) is 4.65. The fraction of sp³-hybridized carbons (Fsp3) is 0.778. The summed E-state index contributed by atoms with van der Waals surface area (Å²) >= 11 is 5.08. The minimum Gasteiger partial charge on any atom is -0.450 e. The van der Waals surface area contributed by atoms with Crippen molar-refractivity contribution < 1.29 is 9.53 Å². The molecule has 5 heteroatoms. The minimum absolute atomic E-state index is 0.369. The second-order valence-electron chi connectivity index (χ2n) is 3.20. The molecular formula is C9H16N2O2S. The fourth-order valence-electron chi connectivity index (χ4n) is 1.43. The minimum atomic E-state index is -0.455. The molecule has 0 aromatic rings. The zero-order chi connectivity index (χ0) is 10.4. The Balaban J connectivity index is 2.29. The van der Waals surface area contributed by atoms with Gasteiger partial charge in [-0.25, -0.2) is 4.79 Å². The molecule has 1 heterocycles. The van der Waals surface area contributed by atoms with E-state index in [1.54, 1.807) is 6.92 Å². The van der Waals surface area contributed by atoms with E-state index in [0.717, 1.165) is 25.9 Å². The number of ether oxygens (including phenoxy) is 1. The van der Waals surface area contributed by atoms with Gasteiger partial charge in [0.1, 0.15) is 0 Å². The Bertz CT molecular complexity index is 215. The highest BCUT2D eigenvalue weighted by atomic mass is 32.1. The average molecular weight is 216 g/mol. The van der Waals surface area contributed by atoms with Crippen molar-refractivity contribution in [2.75, 3.05) is 19.7 Å². The van der Waals surface area contributed by atoms with Crippen molar-refractivity contribution in [3.05, 3.63) is 0 Å². The lowest BCUT2D eigenvalue weighted by molar-refractivity contribution is 0.156. The van der Waals surface area contributed by atoms with Gasteiger partial charge >= 0.3 is 6.09 Å². The number of nitrogens with zero attached hydrogens (tertiary/aromatic N) is 1. The highest BCUT2D eigenvalue weighted by molar-refractivity contribution is 7.80. The summed E-state index contributed by atoms with van der Waals surface area (Å²) in [4.78, 5) is 13.1. The summed E-state index contributed by atoms with van der Waals surface area (Å²) in [6.45, 7) is 4.01. The van der Waals surface area contributed by atoms with Crippen LogP contribution in [-0.4, -0.2) is 35.8 Å². The molecule has 0 unspecified atom stereocenters. The maximum Gasteiger partial charge on any atom is 0.413 e. The van der Waals surface area contributed by atoms with Crippen molar-refractivity contribution in [2.24, 2.45) is 0 Å². The number of piperidine rings is 1. The molecule has 1 aliphatic heterocycles. The predicted molar refractivity (Wildman–Crippen MR) is 58.2 cm³/mol. The molecule has 0 aliphatic carbocycles. The number of amides is 1. The second kappa shape index (κ2) is 5.80. The molecule has 1 N–H and O–H groups in total. The van der Waals surface area contributed by atoms with E-state index < -0.39 is 6.09 Å². The Hall–Kier alpha value is -0.840. The maximum atomic E-state index is 11.0. The Morgan fingerprint density at radius 1 is 1.43 bits per heavy atom. The van der Waals surface area contributed by atoms with Gasteiger partial charge in [-0.1, -0.05) is 0 Å². The summed E-state index contributed by atoms with van der Waals surface area (Å²) in [6.07, 6.45) is 3.08. The third-order valence-electron chi connectivity index (χ3n) is 2.13. The molecule has 80 valence electrons. The largest absolute Gasteiger partial charge is 0.450 e. The van der Waals surface area contributed by atoms with E-state index in [9.17, 15) is 4.79 Å². The molecule has 0 aromatic heterocycles. The van der Waals surface area contributed by atoms with Gasteiger partial charge in [0.2, 0.25) is 0 Å². The molecular weight excluding hydrogens is 200 g/mol. The van der Waals surface area contributed by atoms with Crippen molar-refractivity contribution in [3.8, 4) is 0 Å². The molecule has 0 saturated carbocycles. The molecule has 0 atom stereocenters. The van der Waals surface area contributed by atoms with Crippen LogP contribution in [-0.2, 0) is 4.74 Å². The van der Waals surface area contributed by atoms with E-state index >= 15 is 0 Å². The molecule has 1 saturated heterocycles. The Morgan fingerprint density at radius 3 is 2.64 bits per heavy atom. The van der Waals surface area contributed by atoms with E-state index in [0.29, 0.717) is 11.7 Å². The molecule has 0 aromatic carbocycles. The number of rotatable bonds is 1. The number of likely N-dealkylation sites (tertiary alicyclic amines) is 1. The molecule has 4 nitrogen and oxygen atoms in total. The summed E-state index contributed by atoms with van der Waals surface area (Å²) in [6, 6.07) is 0. The van der Waals surface area contributed by atoms with Crippen LogP contribution < -0.4 is 5.32 Å². The van der Waals surface area contributed by atoms with Crippen LogP contribution in [0.1, 0.15) is 26.2 Å². The molecule has 1 rings (SSSR count). The lowest BCUT2D eigenvalue weighted by atomic mass is 10.1. The van der Waals surface area contributed by atoms with Crippen LogP contribution in [0.2, 0.25) is 0 Å². The predicted octanol–water partition coefficient (Wildman–Crippen LogP) is 1.50. The van der Waals surface area contributed by atoms with Crippen molar-refractivity contribution in [1.29, 1.82) is 0 Å². The highest BCUT2D eigenvalue weighted by Gasteiger charge is 2.15. The summed E-state index contributed by atoms with van der Waals surface area (Å²) in [7, 11) is 0. The number of thiocarbonyl (C=S) groups is 1. The lowest BCUT2D eigenvalue weighted by Crippen LogP contribution is -2.45. The number of hydrogen-bond donors (Lipinski definition) is 1. The van der Waals surface area contributed by atoms with Crippen molar-refractivity contribution in [2.45, 2.75) is 26.2 Å². The van der Waals surface area contributed by atoms with Crippen LogP contribution in [0.15, 0.2) is 0 Å². The first-order valence-corrected chi connectivity index (χ1v) is 5.37. The number of alkyl carbamates (subject to hydrolysis) is 1. The summed E-state index contributed by atoms with van der Waals surface area (Å²) in [5.41, 5.74) is 0. The third-order valence-corrected chi connectivity index (χ3v) is 2.49. The number of carbonyl (C=O) groups is 1. The topological polar surface area (TPSA) is 41.6 Å². The average Bonchev–Trinajstić information content (AvgIpc) is 2.19. The smallest absolute Gasteiger partial charge is 0.413 e. The van der Waals surface area contributed by atoms with Crippen LogP contribution >= 0.6 is 12.2 Å². The van der Waals surface area contributed by atoms with Crippen LogP contribution in [0.4, 0.5) is 4.79 Å². The van der Waals surface area contributed by atoms with Crippen LogP contribution in [0, 0.1) is 0 Å². The first-order valence-electron chi connectivity index (χ1n) is 4.96. The van der Waals surface area contributed by atoms with Crippen molar-refractivity contribution in [1.82, 2.24) is 10.2 Å². The number of carbonyl (C=O) groups excluding carboxylic acids is 1. The Labute approximate surface area is 89.6 Å². The molecule has 0 bridgehead atoms. The fourth-order valence-corrected chi connectivity index (χ4v) is 1.70. The van der Waals surface area contributed by atoms with Gasteiger partial charge in [-0.05, 0) is 38.4 Å². The van der Waals surface area contributed by atoms with Gasteiger partial charge in [0.25, 0.3) is 0 Å². The Morgan fingerprint density at radius 2 is 2.07 bits per heavy atom. The summed E-state index contributed by atoms with van der Waals surface area (Å²) in [5.74, 6) is 0.